The summed E-state index contributed by atoms with van der Waals surface area (Å²) in [5.41, 5.74) is 2.47. The first kappa shape index (κ1) is 19.8. The smallest absolute Gasteiger partial charge is 0.368 e. The molecule has 1 aliphatic heterocycles. The van der Waals surface area contributed by atoms with E-state index in [1.54, 1.807) is 27.4 Å². The Bertz CT molecular complexity index is 983. The zero-order valence-corrected chi connectivity index (χ0v) is 17.2. The van der Waals surface area contributed by atoms with E-state index < -0.39 is 4.92 Å². The molecule has 0 aliphatic carbocycles. The van der Waals surface area contributed by atoms with Gasteiger partial charge in [-0.05, 0) is 76.1 Å². The summed E-state index contributed by atoms with van der Waals surface area (Å²) in [7, 11) is 0. The monoisotopic (exact) mass is 505 g/mol. The van der Waals surface area contributed by atoms with Crippen LogP contribution in [0.3, 0.4) is 0 Å². The second kappa shape index (κ2) is 8.39. The Balaban J connectivity index is 0.00000225. The van der Waals surface area contributed by atoms with E-state index in [0.717, 1.165) is 20.6 Å². The van der Waals surface area contributed by atoms with Crippen molar-refractivity contribution in [2.24, 2.45) is 5.10 Å². The average Bonchev–Trinajstić information content (AvgIpc) is 3.14. The van der Waals surface area contributed by atoms with Gasteiger partial charge in [-0.2, -0.15) is 0 Å². The van der Waals surface area contributed by atoms with E-state index in [9.17, 15) is 10.1 Å². The molecule has 0 amide bonds. The molecule has 0 spiro atoms. The number of benzene rings is 3. The summed E-state index contributed by atoms with van der Waals surface area (Å²) in [6.45, 7) is 0. The standard InChI is InChI=1S/C19H13IN5O2.ClH/c20-15-6-8-17(9-7-15)23-21-14-22(16-4-2-1-3-5-16)24(23)18-10-12-19(13-11-18)25(26)27;/h1-13H;1H/q+1;/p-1. The largest absolute Gasteiger partial charge is 1.00 e. The van der Waals surface area contributed by atoms with Crippen molar-refractivity contribution in [3.05, 3.63) is 92.5 Å². The molecule has 1 heterocycles. The lowest BCUT2D eigenvalue weighted by molar-refractivity contribution is -0.384. The lowest BCUT2D eigenvalue weighted by Crippen LogP contribution is -3.00. The van der Waals surface area contributed by atoms with Crippen LogP contribution >= 0.6 is 22.6 Å². The van der Waals surface area contributed by atoms with Crippen LogP contribution in [0, 0.1) is 13.7 Å². The number of nitro benzene ring substituents is 1. The van der Waals surface area contributed by atoms with Gasteiger partial charge in [-0.15, -0.1) is 10.2 Å². The Morgan fingerprint density at radius 2 is 1.46 bits per heavy atom. The molecule has 28 heavy (non-hydrogen) atoms. The van der Waals surface area contributed by atoms with Crippen LogP contribution in [0.1, 0.15) is 0 Å². The predicted octanol–water partition coefficient (Wildman–Crippen LogP) is 1.69. The maximum atomic E-state index is 11.0. The summed E-state index contributed by atoms with van der Waals surface area (Å²) in [6, 6.07) is 23.9. The maximum absolute atomic E-state index is 11.0. The summed E-state index contributed by atoms with van der Waals surface area (Å²) in [5, 5.41) is 20.7. The zero-order valence-electron chi connectivity index (χ0n) is 14.3. The number of para-hydroxylation sites is 1. The van der Waals surface area contributed by atoms with E-state index in [-0.39, 0.29) is 18.1 Å². The Hall–Kier alpha value is -2.94. The van der Waals surface area contributed by atoms with Crippen LogP contribution in [-0.2, 0) is 0 Å². The van der Waals surface area contributed by atoms with Crippen molar-refractivity contribution in [1.82, 2.24) is 0 Å². The first-order chi connectivity index (χ1) is 13.1. The lowest BCUT2D eigenvalue weighted by Gasteiger charge is -2.27. The molecule has 0 N–H and O–H groups in total. The number of rotatable bonds is 4. The van der Waals surface area contributed by atoms with Crippen molar-refractivity contribution in [2.45, 2.75) is 0 Å². The number of non-ortho nitro benzene ring substituents is 1. The van der Waals surface area contributed by atoms with Gasteiger partial charge < -0.3 is 12.4 Å². The minimum absolute atomic E-state index is 0. The highest BCUT2D eigenvalue weighted by atomic mass is 127. The highest BCUT2D eigenvalue weighted by Crippen LogP contribution is 2.32. The summed E-state index contributed by atoms with van der Waals surface area (Å²) < 4.78 is 1.12. The van der Waals surface area contributed by atoms with Gasteiger partial charge in [0.2, 0.25) is 5.69 Å². The van der Waals surface area contributed by atoms with Gasteiger partial charge in [0.15, 0.2) is 0 Å². The van der Waals surface area contributed by atoms with Crippen molar-refractivity contribution < 1.29 is 17.3 Å². The summed E-state index contributed by atoms with van der Waals surface area (Å²) >= 11 is 2.25. The molecule has 0 unspecified atom stereocenters. The molecule has 0 bridgehead atoms. The van der Waals surface area contributed by atoms with E-state index in [4.69, 9.17) is 0 Å². The van der Waals surface area contributed by atoms with Crippen molar-refractivity contribution >= 4 is 51.7 Å². The predicted molar refractivity (Wildman–Crippen MR) is 114 cm³/mol. The average molecular weight is 506 g/mol. The minimum Gasteiger partial charge on any atom is -1.00 e. The van der Waals surface area contributed by atoms with Gasteiger partial charge in [0, 0.05) is 32.9 Å². The second-order valence-electron chi connectivity index (χ2n) is 5.68. The molecule has 4 rings (SSSR count). The quantitative estimate of drug-likeness (QED) is 0.234. The summed E-state index contributed by atoms with van der Waals surface area (Å²) in [5.74, 6) is 0. The number of nitrogens with zero attached hydrogens (tertiary/aromatic N) is 5. The van der Waals surface area contributed by atoms with Crippen LogP contribution in [0.5, 0.6) is 0 Å². The number of anilines is 3. The van der Waals surface area contributed by atoms with E-state index in [2.05, 4.69) is 34.0 Å². The van der Waals surface area contributed by atoms with Crippen molar-refractivity contribution in [2.75, 3.05) is 15.2 Å². The highest BCUT2D eigenvalue weighted by Gasteiger charge is 2.38. The number of halogens is 2. The summed E-state index contributed by atoms with van der Waals surface area (Å²) in [6.07, 6.45) is 3.00. The third-order valence-corrected chi connectivity index (χ3v) is 4.67. The fourth-order valence-electron chi connectivity index (χ4n) is 2.66. The maximum Gasteiger partial charge on any atom is 0.368 e. The van der Waals surface area contributed by atoms with Gasteiger partial charge in [0.05, 0.1) is 16.3 Å². The molecular weight excluding hydrogens is 493 g/mol. The van der Waals surface area contributed by atoms with Gasteiger partial charge in [0.1, 0.15) is 0 Å². The number of nitro groups is 1. The van der Waals surface area contributed by atoms with Crippen LogP contribution < -0.4 is 27.7 Å². The number of hydrazine groups is 2. The van der Waals surface area contributed by atoms with Crippen LogP contribution in [0.2, 0.25) is 0 Å². The number of hydrazone groups is 1. The lowest BCUT2D eigenvalue weighted by atomic mass is 10.3. The Labute approximate surface area is 181 Å². The molecule has 0 aromatic heterocycles. The third kappa shape index (κ3) is 3.84. The molecule has 1 aliphatic rings. The van der Waals surface area contributed by atoms with Gasteiger partial charge in [-0.1, -0.05) is 6.07 Å². The number of hydrogen-bond acceptors (Lipinski definition) is 6. The van der Waals surface area contributed by atoms with Gasteiger partial charge in [-0.25, -0.2) is 0 Å². The molecule has 0 fully saturated rings. The molecule has 3 aromatic carbocycles. The van der Waals surface area contributed by atoms with Crippen LogP contribution in [0.4, 0.5) is 22.7 Å². The van der Waals surface area contributed by atoms with Crippen LogP contribution in [0.25, 0.3) is 0 Å². The molecule has 9 heteroatoms. The minimum atomic E-state index is -0.414. The zero-order chi connectivity index (χ0) is 18.8. The van der Waals surface area contributed by atoms with E-state index >= 15 is 0 Å². The van der Waals surface area contributed by atoms with Crippen molar-refractivity contribution in [3.8, 4) is 0 Å². The summed E-state index contributed by atoms with van der Waals surface area (Å²) in [4.78, 5) is 10.6. The molecular formula is C19H13ClIN5O2. The third-order valence-electron chi connectivity index (χ3n) is 3.95. The SMILES string of the molecule is O=[N+]([O-])c1ccc(N2N(c3ccccc3)[C+]=NN2c2ccc(I)cc2)cc1.[Cl-]. The van der Waals surface area contributed by atoms with Gasteiger partial charge in [-0.3, -0.25) is 10.1 Å². The van der Waals surface area contributed by atoms with E-state index in [1.807, 2.05) is 54.6 Å². The fourth-order valence-corrected chi connectivity index (χ4v) is 3.02. The molecule has 140 valence electrons. The Kier molecular flexibility index (Phi) is 5.93. The topological polar surface area (TPSA) is 65.2 Å². The molecule has 0 atom stereocenters. The second-order valence-corrected chi connectivity index (χ2v) is 6.92. The number of hydrogen-bond donors (Lipinski definition) is 0. The molecule has 0 saturated carbocycles. The fraction of sp³-hybridized carbons (Fsp3) is 0. The molecule has 7 nitrogen and oxygen atoms in total. The van der Waals surface area contributed by atoms with Gasteiger partial charge >= 0.3 is 6.34 Å². The van der Waals surface area contributed by atoms with Crippen molar-refractivity contribution in [3.63, 3.8) is 0 Å². The Morgan fingerprint density at radius 1 is 0.857 bits per heavy atom. The first-order valence-electron chi connectivity index (χ1n) is 8.05. The van der Waals surface area contributed by atoms with E-state index in [1.165, 1.54) is 12.1 Å². The van der Waals surface area contributed by atoms with Crippen molar-refractivity contribution in [1.29, 1.82) is 0 Å². The Morgan fingerprint density at radius 3 is 2.07 bits per heavy atom. The van der Waals surface area contributed by atoms with Crippen LogP contribution in [-0.4, -0.2) is 11.3 Å². The first-order valence-corrected chi connectivity index (χ1v) is 9.13. The van der Waals surface area contributed by atoms with Crippen LogP contribution in [0.15, 0.2) is 84.0 Å². The molecule has 3 aromatic rings. The molecule has 0 saturated heterocycles. The molecule has 0 radical (unpaired) electrons. The highest BCUT2D eigenvalue weighted by molar-refractivity contribution is 14.1. The van der Waals surface area contributed by atoms with Gasteiger partial charge in [0.25, 0.3) is 5.69 Å². The van der Waals surface area contributed by atoms with E-state index in [0.29, 0.717) is 0 Å². The normalized spacial score (nSPS) is 12.5.